The quantitative estimate of drug-likeness (QED) is 0.368. The third kappa shape index (κ3) is 5.91. The molecule has 8 heteroatoms. The van der Waals surface area contributed by atoms with Gasteiger partial charge in [-0.2, -0.15) is 0 Å². The van der Waals surface area contributed by atoms with Crippen molar-refractivity contribution < 1.29 is 32.5 Å². The van der Waals surface area contributed by atoms with Crippen LogP contribution in [0.3, 0.4) is 0 Å². The van der Waals surface area contributed by atoms with Gasteiger partial charge in [0.05, 0.1) is 18.3 Å². The number of sulfone groups is 1. The van der Waals surface area contributed by atoms with Crippen molar-refractivity contribution in [3.8, 4) is 28.4 Å². The molecule has 3 aromatic carbocycles. The Morgan fingerprint density at radius 2 is 1.84 bits per heavy atom. The van der Waals surface area contributed by atoms with Crippen LogP contribution in [0.4, 0.5) is 0 Å². The van der Waals surface area contributed by atoms with Gasteiger partial charge in [-0.05, 0) is 84.3 Å². The Bertz CT molecular complexity index is 1430. The van der Waals surface area contributed by atoms with E-state index in [-0.39, 0.29) is 17.6 Å². The van der Waals surface area contributed by atoms with Crippen molar-refractivity contribution in [2.45, 2.75) is 38.9 Å². The van der Waals surface area contributed by atoms with Gasteiger partial charge < -0.3 is 19.3 Å². The van der Waals surface area contributed by atoms with Crippen LogP contribution in [0, 0.1) is 12.8 Å². The first kappa shape index (κ1) is 25.1. The predicted octanol–water partition coefficient (Wildman–Crippen LogP) is 5.14. The van der Waals surface area contributed by atoms with Gasteiger partial charge in [-0.3, -0.25) is 4.79 Å². The Morgan fingerprint density at radius 3 is 2.54 bits per heavy atom. The zero-order valence-electron chi connectivity index (χ0n) is 20.9. The molecule has 3 aromatic rings. The highest BCUT2D eigenvalue weighted by molar-refractivity contribution is 7.90. The Labute approximate surface area is 216 Å². The molecule has 1 unspecified atom stereocenters. The van der Waals surface area contributed by atoms with Gasteiger partial charge in [0.2, 0.25) is 0 Å². The molecule has 0 spiro atoms. The van der Waals surface area contributed by atoms with E-state index in [4.69, 9.17) is 19.3 Å². The summed E-state index contributed by atoms with van der Waals surface area (Å²) in [5, 5.41) is 9.14. The minimum atomic E-state index is -3.00. The normalized spacial score (nSPS) is 17.8. The summed E-state index contributed by atoms with van der Waals surface area (Å²) >= 11 is 0. The SMILES string of the molecule is Cc1cc(OCCCS(C)(=O)=O)cc2c1-c1cc(COc3ccc([C@H]4CC4C(=O)O)cc3)ccc1OC2. The van der Waals surface area contributed by atoms with E-state index in [1.54, 1.807) is 0 Å². The van der Waals surface area contributed by atoms with Crippen LogP contribution in [-0.2, 0) is 27.8 Å². The maximum atomic E-state index is 11.3. The maximum absolute atomic E-state index is 11.3. The van der Waals surface area contributed by atoms with Crippen LogP contribution < -0.4 is 14.2 Å². The number of hydrogen-bond acceptors (Lipinski definition) is 6. The van der Waals surface area contributed by atoms with E-state index in [1.165, 1.54) is 6.26 Å². The first-order valence-electron chi connectivity index (χ1n) is 12.3. The molecule has 1 heterocycles. The molecule has 2 atom stereocenters. The lowest BCUT2D eigenvalue weighted by atomic mass is 9.91. The zero-order chi connectivity index (χ0) is 26.2. The van der Waals surface area contributed by atoms with Gasteiger partial charge in [-0.1, -0.05) is 18.2 Å². The molecule has 5 rings (SSSR count). The van der Waals surface area contributed by atoms with Crippen molar-refractivity contribution in [3.63, 3.8) is 0 Å². The first-order chi connectivity index (χ1) is 17.7. The second kappa shape index (κ2) is 10.1. The molecule has 1 aliphatic heterocycles. The molecule has 7 nitrogen and oxygen atoms in total. The number of aliphatic carboxylic acids is 1. The zero-order valence-corrected chi connectivity index (χ0v) is 21.7. The minimum Gasteiger partial charge on any atom is -0.494 e. The standard InChI is InChI=1S/C29H30O7S/c1-18-12-23(34-10-3-11-37(2,32)33)14-21-17-36-27-9-4-19(13-26(27)28(18)21)16-35-22-7-5-20(6-8-22)24-15-25(24)29(30)31/h4-9,12-14,24-25H,3,10-11,15-17H2,1-2H3,(H,30,31)/t24-,25?/m1/s1. The van der Waals surface area contributed by atoms with Crippen LogP contribution in [-0.4, -0.2) is 38.1 Å². The molecule has 0 radical (unpaired) electrons. The van der Waals surface area contributed by atoms with Crippen molar-refractivity contribution in [1.29, 1.82) is 0 Å². The van der Waals surface area contributed by atoms with Crippen molar-refractivity contribution in [2.24, 2.45) is 5.92 Å². The van der Waals surface area contributed by atoms with Crippen LogP contribution in [0.25, 0.3) is 11.1 Å². The molecule has 0 saturated heterocycles. The summed E-state index contributed by atoms with van der Waals surface area (Å²) in [5.41, 5.74) is 6.26. The van der Waals surface area contributed by atoms with Crippen molar-refractivity contribution >= 4 is 15.8 Å². The van der Waals surface area contributed by atoms with Gasteiger partial charge >= 0.3 is 5.97 Å². The highest BCUT2D eigenvalue weighted by atomic mass is 32.2. The van der Waals surface area contributed by atoms with Gasteiger partial charge in [0, 0.05) is 17.4 Å². The van der Waals surface area contributed by atoms with Gasteiger partial charge in [0.15, 0.2) is 0 Å². The average Bonchev–Trinajstić information content (AvgIpc) is 3.66. The molecule has 0 bridgehead atoms. The summed E-state index contributed by atoms with van der Waals surface area (Å²) in [6, 6.07) is 17.7. The van der Waals surface area contributed by atoms with Gasteiger partial charge in [-0.25, -0.2) is 8.42 Å². The fourth-order valence-electron chi connectivity index (χ4n) is 4.88. The Balaban J connectivity index is 1.25. The average molecular weight is 523 g/mol. The summed E-state index contributed by atoms with van der Waals surface area (Å²) in [4.78, 5) is 11.1. The second-order valence-corrected chi connectivity index (χ2v) is 12.1. The van der Waals surface area contributed by atoms with Gasteiger partial charge in [0.1, 0.15) is 40.3 Å². The first-order valence-corrected chi connectivity index (χ1v) is 14.4. The third-order valence-corrected chi connectivity index (χ3v) is 7.87. The summed E-state index contributed by atoms with van der Waals surface area (Å²) in [5.74, 6) is 1.48. The van der Waals surface area contributed by atoms with E-state index < -0.39 is 15.8 Å². The molecule has 1 saturated carbocycles. The number of rotatable bonds is 10. The number of fused-ring (bicyclic) bond motifs is 3. The highest BCUT2D eigenvalue weighted by Gasteiger charge is 2.44. The van der Waals surface area contributed by atoms with Crippen LogP contribution in [0.2, 0.25) is 0 Å². The number of hydrogen-bond donors (Lipinski definition) is 1. The van der Waals surface area contributed by atoms with Gasteiger partial charge in [-0.15, -0.1) is 0 Å². The molecule has 2 aliphatic rings. The summed E-state index contributed by atoms with van der Waals surface area (Å²) in [6.45, 7) is 3.21. The molecule has 0 aromatic heterocycles. The molecule has 37 heavy (non-hydrogen) atoms. The fraction of sp³-hybridized carbons (Fsp3) is 0.345. The number of benzene rings is 3. The number of ether oxygens (including phenoxy) is 3. The largest absolute Gasteiger partial charge is 0.494 e. The Morgan fingerprint density at radius 1 is 1.05 bits per heavy atom. The molecule has 1 fully saturated rings. The summed E-state index contributed by atoms with van der Waals surface area (Å²) < 4.78 is 40.5. The lowest BCUT2D eigenvalue weighted by molar-refractivity contribution is -0.138. The van der Waals surface area contributed by atoms with Crippen LogP contribution >= 0.6 is 0 Å². The number of carboxylic acid groups (broad SMARTS) is 1. The van der Waals surface area contributed by atoms with E-state index in [9.17, 15) is 13.2 Å². The predicted molar refractivity (Wildman–Crippen MR) is 140 cm³/mol. The lowest BCUT2D eigenvalue weighted by Crippen LogP contribution is -2.10. The van der Waals surface area contributed by atoms with E-state index in [0.717, 1.165) is 44.9 Å². The summed E-state index contributed by atoms with van der Waals surface area (Å²) in [6.07, 6.45) is 2.38. The smallest absolute Gasteiger partial charge is 0.307 e. The van der Waals surface area contributed by atoms with E-state index >= 15 is 0 Å². The molecule has 1 aliphatic carbocycles. The fourth-order valence-corrected chi connectivity index (χ4v) is 5.52. The van der Waals surface area contributed by atoms with Crippen molar-refractivity contribution in [3.05, 3.63) is 76.9 Å². The maximum Gasteiger partial charge on any atom is 0.307 e. The molecular weight excluding hydrogens is 492 g/mol. The summed E-state index contributed by atoms with van der Waals surface area (Å²) in [7, 11) is -3.00. The van der Waals surface area contributed by atoms with E-state index in [1.807, 2.05) is 55.5 Å². The highest BCUT2D eigenvalue weighted by Crippen LogP contribution is 2.47. The number of aryl methyl sites for hydroxylation is 1. The van der Waals surface area contributed by atoms with Crippen LogP contribution in [0.1, 0.15) is 41.0 Å². The van der Waals surface area contributed by atoms with E-state index in [2.05, 4.69) is 6.07 Å². The van der Waals surface area contributed by atoms with Crippen LogP contribution in [0.5, 0.6) is 17.2 Å². The molecule has 1 N–H and O–H groups in total. The van der Waals surface area contributed by atoms with Crippen molar-refractivity contribution in [2.75, 3.05) is 18.6 Å². The third-order valence-electron chi connectivity index (χ3n) is 6.84. The van der Waals surface area contributed by atoms with E-state index in [0.29, 0.717) is 38.4 Å². The number of carbonyl (C=O) groups is 1. The molecule has 194 valence electrons. The van der Waals surface area contributed by atoms with Crippen LogP contribution in [0.15, 0.2) is 54.6 Å². The number of carboxylic acids is 1. The lowest BCUT2D eigenvalue weighted by Gasteiger charge is -2.24. The Hall–Kier alpha value is -3.52. The minimum absolute atomic E-state index is 0.105. The topological polar surface area (TPSA) is 99.1 Å². The second-order valence-electron chi connectivity index (χ2n) is 9.87. The molecular formula is C29H30O7S. The Kier molecular flexibility index (Phi) is 6.86. The van der Waals surface area contributed by atoms with Gasteiger partial charge in [0.25, 0.3) is 0 Å². The monoisotopic (exact) mass is 522 g/mol. The molecule has 0 amide bonds. The van der Waals surface area contributed by atoms with Crippen molar-refractivity contribution in [1.82, 2.24) is 0 Å².